The Kier molecular flexibility index (Phi) is 4.11. The number of Topliss-reactive ketones (excluding diaryl/α,β-unsaturated/α-hetero) is 1. The lowest BCUT2D eigenvalue weighted by molar-refractivity contribution is 0.101. The number of nitrogens with one attached hydrogen (secondary N) is 1. The minimum absolute atomic E-state index is 0.0721. The van der Waals surface area contributed by atoms with E-state index in [4.69, 9.17) is 11.6 Å². The van der Waals surface area contributed by atoms with E-state index in [2.05, 4.69) is 4.72 Å². The summed E-state index contributed by atoms with van der Waals surface area (Å²) in [4.78, 5) is 11.3. The first-order valence-corrected chi connectivity index (χ1v) is 7.64. The van der Waals surface area contributed by atoms with Crippen LogP contribution in [0.1, 0.15) is 17.3 Å². The van der Waals surface area contributed by atoms with Crippen LogP contribution in [0.5, 0.6) is 0 Å². The van der Waals surface area contributed by atoms with Crippen molar-refractivity contribution in [3.8, 4) is 0 Å². The minimum Gasteiger partial charge on any atom is -0.295 e. The van der Waals surface area contributed by atoms with Crippen molar-refractivity contribution in [3.05, 3.63) is 59.1 Å². The Morgan fingerprint density at radius 3 is 2.05 bits per heavy atom. The molecule has 1 N–H and O–H groups in total. The van der Waals surface area contributed by atoms with E-state index in [9.17, 15) is 13.2 Å². The molecule has 20 heavy (non-hydrogen) atoms. The summed E-state index contributed by atoms with van der Waals surface area (Å²) >= 11 is 5.72. The zero-order chi connectivity index (χ0) is 14.8. The second-order valence-corrected chi connectivity index (χ2v) is 6.31. The van der Waals surface area contributed by atoms with Crippen molar-refractivity contribution in [2.24, 2.45) is 0 Å². The fourth-order valence-corrected chi connectivity index (χ4v) is 2.79. The molecular weight excluding hydrogens is 298 g/mol. The van der Waals surface area contributed by atoms with Crippen LogP contribution in [-0.2, 0) is 10.0 Å². The lowest BCUT2D eigenvalue weighted by Crippen LogP contribution is -2.12. The van der Waals surface area contributed by atoms with E-state index >= 15 is 0 Å². The van der Waals surface area contributed by atoms with Gasteiger partial charge in [-0.3, -0.25) is 9.52 Å². The summed E-state index contributed by atoms with van der Waals surface area (Å²) in [5, 5.41) is 0.467. The molecule has 0 aliphatic carbocycles. The standard InChI is InChI=1S/C14H12ClNO3S/c1-10(17)11-2-6-13(7-3-11)16-20(18,19)14-8-4-12(15)5-9-14/h2-9,16H,1H3. The maximum atomic E-state index is 12.1. The van der Waals surface area contributed by atoms with E-state index < -0.39 is 10.0 Å². The van der Waals surface area contributed by atoms with E-state index in [0.29, 0.717) is 16.3 Å². The minimum atomic E-state index is -3.66. The van der Waals surface area contributed by atoms with E-state index in [1.165, 1.54) is 31.2 Å². The summed E-state index contributed by atoms with van der Waals surface area (Å²) in [6, 6.07) is 12.1. The molecule has 6 heteroatoms. The van der Waals surface area contributed by atoms with Gasteiger partial charge in [-0.05, 0) is 55.5 Å². The largest absolute Gasteiger partial charge is 0.295 e. The fourth-order valence-electron chi connectivity index (χ4n) is 1.60. The highest BCUT2D eigenvalue weighted by molar-refractivity contribution is 7.92. The van der Waals surface area contributed by atoms with Gasteiger partial charge in [0.1, 0.15) is 0 Å². The zero-order valence-electron chi connectivity index (χ0n) is 10.6. The number of anilines is 1. The van der Waals surface area contributed by atoms with Gasteiger partial charge in [0.2, 0.25) is 0 Å². The van der Waals surface area contributed by atoms with Crippen LogP contribution < -0.4 is 4.72 Å². The molecule has 2 aromatic rings. The Hall–Kier alpha value is -1.85. The first-order chi connectivity index (χ1) is 9.38. The maximum absolute atomic E-state index is 12.1. The monoisotopic (exact) mass is 309 g/mol. The summed E-state index contributed by atoms with van der Waals surface area (Å²) < 4.78 is 26.7. The molecule has 0 amide bonds. The number of halogens is 1. The molecule has 2 rings (SSSR count). The second kappa shape index (κ2) is 5.64. The normalized spacial score (nSPS) is 11.1. The molecule has 0 radical (unpaired) electrons. The molecule has 0 unspecified atom stereocenters. The lowest BCUT2D eigenvalue weighted by Gasteiger charge is -2.08. The van der Waals surface area contributed by atoms with E-state index in [1.807, 2.05) is 0 Å². The molecular formula is C14H12ClNO3S. The molecule has 0 saturated carbocycles. The van der Waals surface area contributed by atoms with Crippen LogP contribution in [-0.4, -0.2) is 14.2 Å². The van der Waals surface area contributed by atoms with Crippen LogP contribution in [0.15, 0.2) is 53.4 Å². The Bertz CT molecular complexity index is 722. The third-order valence-electron chi connectivity index (χ3n) is 2.67. The van der Waals surface area contributed by atoms with Crippen molar-refractivity contribution in [2.45, 2.75) is 11.8 Å². The van der Waals surface area contributed by atoms with Crippen molar-refractivity contribution in [2.75, 3.05) is 4.72 Å². The Labute approximate surface area is 122 Å². The third kappa shape index (κ3) is 3.37. The molecule has 0 saturated heterocycles. The fraction of sp³-hybridized carbons (Fsp3) is 0.0714. The van der Waals surface area contributed by atoms with Crippen LogP contribution >= 0.6 is 11.6 Å². The van der Waals surface area contributed by atoms with E-state index in [-0.39, 0.29) is 10.7 Å². The first kappa shape index (κ1) is 14.6. The molecule has 2 aromatic carbocycles. The molecule has 0 heterocycles. The highest BCUT2D eigenvalue weighted by Crippen LogP contribution is 2.18. The van der Waals surface area contributed by atoms with Crippen LogP contribution in [0.4, 0.5) is 5.69 Å². The van der Waals surface area contributed by atoms with Crippen molar-refractivity contribution in [1.82, 2.24) is 0 Å². The smallest absolute Gasteiger partial charge is 0.261 e. The third-order valence-corrected chi connectivity index (χ3v) is 4.32. The molecule has 0 aromatic heterocycles. The van der Waals surface area contributed by atoms with Gasteiger partial charge in [-0.25, -0.2) is 8.42 Å². The highest BCUT2D eigenvalue weighted by Gasteiger charge is 2.13. The van der Waals surface area contributed by atoms with Crippen LogP contribution in [0, 0.1) is 0 Å². The first-order valence-electron chi connectivity index (χ1n) is 5.78. The summed E-state index contributed by atoms with van der Waals surface area (Å²) in [5.74, 6) is -0.0721. The molecule has 104 valence electrons. The van der Waals surface area contributed by atoms with Gasteiger partial charge < -0.3 is 0 Å². The predicted molar refractivity (Wildman–Crippen MR) is 78.7 cm³/mol. The maximum Gasteiger partial charge on any atom is 0.261 e. The quantitative estimate of drug-likeness (QED) is 0.881. The predicted octanol–water partition coefficient (Wildman–Crippen LogP) is 3.34. The number of carbonyl (C=O) groups excluding carboxylic acids is 1. The topological polar surface area (TPSA) is 63.2 Å². The number of rotatable bonds is 4. The van der Waals surface area contributed by atoms with Crippen LogP contribution in [0.2, 0.25) is 5.02 Å². The molecule has 4 nitrogen and oxygen atoms in total. The van der Waals surface area contributed by atoms with Gasteiger partial charge in [0.25, 0.3) is 10.0 Å². The SMILES string of the molecule is CC(=O)c1ccc(NS(=O)(=O)c2ccc(Cl)cc2)cc1. The Balaban J connectivity index is 2.24. The van der Waals surface area contributed by atoms with E-state index in [1.54, 1.807) is 24.3 Å². The highest BCUT2D eigenvalue weighted by atomic mass is 35.5. The molecule has 0 aliphatic rings. The summed E-state index contributed by atoms with van der Waals surface area (Å²) in [5.41, 5.74) is 0.921. The molecule has 0 aliphatic heterocycles. The van der Waals surface area contributed by atoms with Gasteiger partial charge in [0.15, 0.2) is 5.78 Å². The second-order valence-electron chi connectivity index (χ2n) is 4.19. The summed E-state index contributed by atoms with van der Waals surface area (Å²) in [6.45, 7) is 1.45. The van der Waals surface area contributed by atoms with Gasteiger partial charge in [0, 0.05) is 16.3 Å². The van der Waals surface area contributed by atoms with Gasteiger partial charge >= 0.3 is 0 Å². The van der Waals surface area contributed by atoms with Crippen LogP contribution in [0.3, 0.4) is 0 Å². The van der Waals surface area contributed by atoms with Crippen molar-refractivity contribution in [3.63, 3.8) is 0 Å². The number of carbonyl (C=O) groups is 1. The van der Waals surface area contributed by atoms with Gasteiger partial charge in [0.05, 0.1) is 4.90 Å². The Morgan fingerprint density at radius 1 is 1.00 bits per heavy atom. The Morgan fingerprint density at radius 2 is 1.55 bits per heavy atom. The number of hydrogen-bond acceptors (Lipinski definition) is 3. The number of ketones is 1. The van der Waals surface area contributed by atoms with E-state index in [0.717, 1.165) is 0 Å². The number of sulfonamides is 1. The van der Waals surface area contributed by atoms with Crippen molar-refractivity contribution >= 4 is 33.1 Å². The van der Waals surface area contributed by atoms with Crippen molar-refractivity contribution in [1.29, 1.82) is 0 Å². The van der Waals surface area contributed by atoms with Crippen molar-refractivity contribution < 1.29 is 13.2 Å². The zero-order valence-corrected chi connectivity index (χ0v) is 12.2. The van der Waals surface area contributed by atoms with Gasteiger partial charge in [-0.1, -0.05) is 11.6 Å². The molecule has 0 fully saturated rings. The molecule has 0 spiro atoms. The van der Waals surface area contributed by atoms with Gasteiger partial charge in [-0.2, -0.15) is 0 Å². The molecule has 0 bridgehead atoms. The summed E-state index contributed by atoms with van der Waals surface area (Å²) in [7, 11) is -3.66. The number of hydrogen-bond donors (Lipinski definition) is 1. The number of benzene rings is 2. The molecule has 0 atom stereocenters. The summed E-state index contributed by atoms with van der Waals surface area (Å²) in [6.07, 6.45) is 0. The average Bonchev–Trinajstić information content (AvgIpc) is 2.39. The lowest BCUT2D eigenvalue weighted by atomic mass is 10.1. The average molecular weight is 310 g/mol. The van der Waals surface area contributed by atoms with Crippen LogP contribution in [0.25, 0.3) is 0 Å². The van der Waals surface area contributed by atoms with Gasteiger partial charge in [-0.15, -0.1) is 0 Å².